The molecular formula is C16H10F3N5O3. The van der Waals surface area contributed by atoms with E-state index in [0.29, 0.717) is 28.7 Å². The molecule has 11 heteroatoms. The number of aromatic nitrogens is 5. The summed E-state index contributed by atoms with van der Waals surface area (Å²) in [6.07, 6.45) is -2.22. The van der Waals surface area contributed by atoms with Gasteiger partial charge in [0.15, 0.2) is 18.0 Å². The topological polar surface area (TPSA) is 88.1 Å². The van der Waals surface area contributed by atoms with Crippen LogP contribution in [0.3, 0.4) is 0 Å². The third kappa shape index (κ3) is 3.26. The molecule has 0 atom stereocenters. The van der Waals surface area contributed by atoms with Crippen molar-refractivity contribution < 1.29 is 27.1 Å². The molecule has 0 fully saturated rings. The van der Waals surface area contributed by atoms with Gasteiger partial charge in [0.25, 0.3) is 0 Å². The number of alkyl halides is 3. The minimum atomic E-state index is -4.80. The first-order valence-electron chi connectivity index (χ1n) is 7.49. The van der Waals surface area contributed by atoms with Crippen LogP contribution in [-0.2, 0) is 0 Å². The van der Waals surface area contributed by atoms with Crippen molar-refractivity contribution in [1.29, 1.82) is 0 Å². The molecule has 0 spiro atoms. The summed E-state index contributed by atoms with van der Waals surface area (Å²) >= 11 is 0. The number of imidazole rings is 1. The molecule has 0 aliphatic carbocycles. The lowest BCUT2D eigenvalue weighted by Crippen LogP contribution is -2.17. The number of hydrogen-bond acceptors (Lipinski definition) is 7. The Kier molecular flexibility index (Phi) is 3.90. The minimum Gasteiger partial charge on any atom is -0.480 e. The number of hydrogen-bond donors (Lipinski definition) is 0. The Hall–Kier alpha value is -3.63. The average molecular weight is 377 g/mol. The third-order valence-corrected chi connectivity index (χ3v) is 3.59. The van der Waals surface area contributed by atoms with E-state index < -0.39 is 6.36 Å². The van der Waals surface area contributed by atoms with Crippen LogP contribution in [0.15, 0.2) is 47.4 Å². The van der Waals surface area contributed by atoms with Crippen molar-refractivity contribution in [2.75, 3.05) is 7.11 Å². The third-order valence-electron chi connectivity index (χ3n) is 3.59. The highest BCUT2D eigenvalue weighted by molar-refractivity contribution is 5.83. The van der Waals surface area contributed by atoms with Crippen molar-refractivity contribution in [2.45, 2.75) is 6.36 Å². The van der Waals surface area contributed by atoms with Crippen LogP contribution >= 0.6 is 0 Å². The van der Waals surface area contributed by atoms with E-state index in [4.69, 9.17) is 9.15 Å². The van der Waals surface area contributed by atoms with E-state index in [-0.39, 0.29) is 11.3 Å². The molecule has 8 nitrogen and oxygen atoms in total. The van der Waals surface area contributed by atoms with Gasteiger partial charge in [-0.2, -0.15) is 0 Å². The van der Waals surface area contributed by atoms with E-state index in [1.807, 2.05) is 0 Å². The van der Waals surface area contributed by atoms with Crippen molar-refractivity contribution in [1.82, 2.24) is 24.7 Å². The summed E-state index contributed by atoms with van der Waals surface area (Å²) < 4.78 is 53.0. The smallest absolute Gasteiger partial charge is 0.480 e. The summed E-state index contributed by atoms with van der Waals surface area (Å²) in [6, 6.07) is 7.05. The van der Waals surface area contributed by atoms with Crippen LogP contribution < -0.4 is 9.47 Å². The molecule has 0 bridgehead atoms. The van der Waals surface area contributed by atoms with Crippen LogP contribution in [0, 0.1) is 0 Å². The van der Waals surface area contributed by atoms with E-state index >= 15 is 0 Å². The number of rotatable bonds is 4. The first kappa shape index (κ1) is 16.8. The van der Waals surface area contributed by atoms with E-state index in [0.717, 1.165) is 0 Å². The van der Waals surface area contributed by atoms with Gasteiger partial charge in [-0.3, -0.25) is 4.57 Å². The number of ether oxygens (including phenoxy) is 2. The predicted octanol–water partition coefficient (Wildman–Crippen LogP) is 3.38. The molecule has 138 valence electrons. The zero-order valence-corrected chi connectivity index (χ0v) is 13.6. The number of nitrogens with zero attached hydrogens (tertiary/aromatic N) is 5. The first-order valence-corrected chi connectivity index (χ1v) is 7.49. The molecule has 0 aliphatic rings. The maximum atomic E-state index is 12.5. The summed E-state index contributed by atoms with van der Waals surface area (Å²) in [5.74, 6) is 0.627. The van der Waals surface area contributed by atoms with Crippen LogP contribution in [0.1, 0.15) is 0 Å². The summed E-state index contributed by atoms with van der Waals surface area (Å²) in [5, 5.41) is 7.98. The van der Waals surface area contributed by atoms with E-state index in [1.54, 1.807) is 16.7 Å². The number of fused-ring (bicyclic) bond motifs is 1. The molecule has 3 aromatic heterocycles. The molecular weight excluding hydrogens is 367 g/mol. The predicted molar refractivity (Wildman–Crippen MR) is 85.4 cm³/mol. The normalized spacial score (nSPS) is 11.7. The lowest BCUT2D eigenvalue weighted by Gasteiger charge is -2.09. The molecule has 4 aromatic rings. The summed E-state index contributed by atoms with van der Waals surface area (Å²) in [4.78, 5) is 8.41. The lowest BCUT2D eigenvalue weighted by molar-refractivity contribution is -0.274. The number of halogens is 3. The Bertz CT molecular complexity index is 1080. The van der Waals surface area contributed by atoms with E-state index in [2.05, 4.69) is 24.9 Å². The molecule has 4 rings (SSSR count). The summed E-state index contributed by atoms with van der Waals surface area (Å²) in [5.41, 5.74) is 1.12. The highest BCUT2D eigenvalue weighted by atomic mass is 19.4. The molecule has 3 heterocycles. The number of benzene rings is 1. The van der Waals surface area contributed by atoms with Crippen molar-refractivity contribution in [3.63, 3.8) is 0 Å². The van der Waals surface area contributed by atoms with Crippen LogP contribution in [0.2, 0.25) is 0 Å². The van der Waals surface area contributed by atoms with Crippen molar-refractivity contribution >= 4 is 11.0 Å². The van der Waals surface area contributed by atoms with Gasteiger partial charge in [-0.15, -0.1) is 23.4 Å². The highest BCUT2D eigenvalue weighted by Crippen LogP contribution is 2.31. The van der Waals surface area contributed by atoms with Crippen molar-refractivity contribution in [3.8, 4) is 29.0 Å². The van der Waals surface area contributed by atoms with Crippen LogP contribution in [0.5, 0.6) is 11.6 Å². The molecule has 0 saturated heterocycles. The average Bonchev–Trinajstić information content (AvgIpc) is 3.27. The fourth-order valence-corrected chi connectivity index (χ4v) is 2.53. The van der Waals surface area contributed by atoms with Crippen molar-refractivity contribution in [2.24, 2.45) is 0 Å². The molecule has 0 aliphatic heterocycles. The zero-order valence-electron chi connectivity index (χ0n) is 13.6. The fraction of sp³-hybridized carbons (Fsp3) is 0.125. The number of oxazole rings is 1. The Morgan fingerprint density at radius 3 is 2.59 bits per heavy atom. The Labute approximate surface area is 149 Å². The van der Waals surface area contributed by atoms with Crippen molar-refractivity contribution in [3.05, 3.63) is 43.0 Å². The van der Waals surface area contributed by atoms with Crippen LogP contribution in [0.4, 0.5) is 13.2 Å². The highest BCUT2D eigenvalue weighted by Gasteiger charge is 2.31. The second-order valence-corrected chi connectivity index (χ2v) is 5.28. The van der Waals surface area contributed by atoms with Gasteiger partial charge in [0.05, 0.1) is 18.1 Å². The minimum absolute atomic E-state index is 0.257. The monoisotopic (exact) mass is 377 g/mol. The van der Waals surface area contributed by atoms with Gasteiger partial charge in [-0.05, 0) is 18.2 Å². The van der Waals surface area contributed by atoms with Crippen LogP contribution in [0.25, 0.3) is 28.4 Å². The maximum Gasteiger partial charge on any atom is 0.573 e. The fourth-order valence-electron chi connectivity index (χ4n) is 2.53. The summed E-state index contributed by atoms with van der Waals surface area (Å²) in [7, 11) is 1.46. The largest absolute Gasteiger partial charge is 0.573 e. The molecule has 0 N–H and O–H groups in total. The Morgan fingerprint density at radius 1 is 1.11 bits per heavy atom. The summed E-state index contributed by atoms with van der Waals surface area (Å²) in [6.45, 7) is 0. The Balaban J connectivity index is 1.90. The zero-order chi connectivity index (χ0) is 19.0. The second-order valence-electron chi connectivity index (χ2n) is 5.28. The molecule has 0 saturated carbocycles. The van der Waals surface area contributed by atoms with Gasteiger partial charge in [0, 0.05) is 12.1 Å². The molecule has 0 unspecified atom stereocenters. The molecule has 0 amide bonds. The first-order chi connectivity index (χ1) is 12.9. The van der Waals surface area contributed by atoms with Gasteiger partial charge < -0.3 is 13.9 Å². The van der Waals surface area contributed by atoms with Crippen LogP contribution in [-0.4, -0.2) is 38.2 Å². The number of methoxy groups -OCH3 is 1. The van der Waals surface area contributed by atoms with Gasteiger partial charge >= 0.3 is 6.36 Å². The molecule has 1 aromatic carbocycles. The SMILES string of the molecule is COc1ccc(-n2c(-c3cocn3)nc3cc(OC(F)(F)F)ccc32)nn1. The van der Waals surface area contributed by atoms with Gasteiger partial charge in [-0.25, -0.2) is 9.97 Å². The van der Waals surface area contributed by atoms with Gasteiger partial charge in [0.2, 0.25) is 5.88 Å². The maximum absolute atomic E-state index is 12.5. The van der Waals surface area contributed by atoms with E-state index in [1.165, 1.54) is 38.0 Å². The van der Waals surface area contributed by atoms with E-state index in [9.17, 15) is 13.2 Å². The van der Waals surface area contributed by atoms with Gasteiger partial charge in [0.1, 0.15) is 17.7 Å². The Morgan fingerprint density at radius 2 is 1.96 bits per heavy atom. The lowest BCUT2D eigenvalue weighted by atomic mass is 10.3. The second kappa shape index (κ2) is 6.27. The van der Waals surface area contributed by atoms with Gasteiger partial charge in [-0.1, -0.05) is 0 Å². The standard InChI is InChI=1S/C16H10F3N5O3/c1-25-14-5-4-13(22-23-14)24-12-3-2-9(27-16(17,18)19)6-10(12)21-15(24)11-7-26-8-20-11/h2-8H,1H3. The molecule has 0 radical (unpaired) electrons. The molecule has 27 heavy (non-hydrogen) atoms. The quantitative estimate of drug-likeness (QED) is 0.539.